The van der Waals surface area contributed by atoms with Crippen LogP contribution in [0.5, 0.6) is 0 Å². The van der Waals surface area contributed by atoms with Gasteiger partial charge in [-0.3, -0.25) is 4.79 Å². The van der Waals surface area contributed by atoms with Crippen LogP contribution in [0.3, 0.4) is 0 Å². The van der Waals surface area contributed by atoms with E-state index in [1.807, 2.05) is 17.5 Å². The Kier molecular flexibility index (Phi) is 6.22. The highest BCUT2D eigenvalue weighted by Gasteiger charge is 2.34. The molecule has 164 valence electrons. The lowest BCUT2D eigenvalue weighted by Gasteiger charge is -2.31. The van der Waals surface area contributed by atoms with Crippen molar-refractivity contribution in [1.82, 2.24) is 19.8 Å². The summed E-state index contributed by atoms with van der Waals surface area (Å²) in [5.41, 5.74) is 1.21. The SMILES string of the molecule is Cc1nc(-c2ccc(C)c(S(=O)(=O)N3CCC[C@H](C(=O)NCc4cccs4)C3)c2)no1. The molecule has 0 radical (unpaired) electrons. The van der Waals surface area contributed by atoms with Crippen molar-refractivity contribution in [2.75, 3.05) is 13.1 Å². The first-order valence-electron chi connectivity index (χ1n) is 10.1. The normalized spacial score (nSPS) is 17.5. The smallest absolute Gasteiger partial charge is 0.243 e. The molecule has 3 heterocycles. The molecule has 1 aromatic carbocycles. The lowest BCUT2D eigenvalue weighted by atomic mass is 9.99. The largest absolute Gasteiger partial charge is 0.351 e. The summed E-state index contributed by atoms with van der Waals surface area (Å²) in [7, 11) is -3.77. The molecule has 0 bridgehead atoms. The summed E-state index contributed by atoms with van der Waals surface area (Å²) in [6.45, 7) is 4.46. The van der Waals surface area contributed by atoms with Crippen molar-refractivity contribution in [2.24, 2.45) is 5.92 Å². The molecule has 1 N–H and O–H groups in total. The number of aryl methyl sites for hydroxylation is 2. The van der Waals surface area contributed by atoms with Crippen molar-refractivity contribution < 1.29 is 17.7 Å². The summed E-state index contributed by atoms with van der Waals surface area (Å²) in [4.78, 5) is 18.1. The van der Waals surface area contributed by atoms with Gasteiger partial charge in [-0.2, -0.15) is 9.29 Å². The number of piperidine rings is 1. The number of nitrogens with zero attached hydrogens (tertiary/aromatic N) is 3. The number of aromatic nitrogens is 2. The second-order valence-corrected chi connectivity index (χ2v) is 10.6. The molecule has 0 unspecified atom stereocenters. The Hall–Kier alpha value is -2.56. The molecule has 10 heteroatoms. The molecule has 8 nitrogen and oxygen atoms in total. The Morgan fingerprint density at radius 3 is 2.87 bits per heavy atom. The fraction of sp³-hybridized carbons (Fsp3) is 0.381. The minimum Gasteiger partial charge on any atom is -0.351 e. The molecule has 1 amide bonds. The van der Waals surface area contributed by atoms with E-state index in [4.69, 9.17) is 4.52 Å². The van der Waals surface area contributed by atoms with Gasteiger partial charge in [0.05, 0.1) is 17.4 Å². The summed E-state index contributed by atoms with van der Waals surface area (Å²) in [6.07, 6.45) is 1.31. The maximum absolute atomic E-state index is 13.4. The van der Waals surface area contributed by atoms with Crippen molar-refractivity contribution >= 4 is 27.3 Å². The number of carbonyl (C=O) groups is 1. The topological polar surface area (TPSA) is 105 Å². The van der Waals surface area contributed by atoms with Gasteiger partial charge in [-0.15, -0.1) is 11.3 Å². The molecular formula is C21H24N4O4S2. The second-order valence-electron chi connectivity index (χ2n) is 7.62. The molecule has 3 aromatic rings. The van der Waals surface area contributed by atoms with Crippen molar-refractivity contribution in [2.45, 2.75) is 38.1 Å². The van der Waals surface area contributed by atoms with Gasteiger partial charge in [-0.05, 0) is 42.8 Å². The van der Waals surface area contributed by atoms with Crippen molar-refractivity contribution in [3.8, 4) is 11.4 Å². The van der Waals surface area contributed by atoms with E-state index in [2.05, 4.69) is 15.5 Å². The molecule has 0 aliphatic carbocycles. The van der Waals surface area contributed by atoms with Crippen LogP contribution in [0.15, 0.2) is 45.1 Å². The zero-order chi connectivity index (χ0) is 22.0. The van der Waals surface area contributed by atoms with Gasteiger partial charge in [0.15, 0.2) is 0 Å². The van der Waals surface area contributed by atoms with E-state index >= 15 is 0 Å². The van der Waals surface area contributed by atoms with Crippen LogP contribution in [0.4, 0.5) is 0 Å². The fourth-order valence-electron chi connectivity index (χ4n) is 3.68. The number of sulfonamides is 1. The highest BCUT2D eigenvalue weighted by molar-refractivity contribution is 7.89. The molecule has 0 saturated carbocycles. The van der Waals surface area contributed by atoms with E-state index < -0.39 is 10.0 Å². The summed E-state index contributed by atoms with van der Waals surface area (Å²) in [5.74, 6) is 0.277. The van der Waals surface area contributed by atoms with Crippen molar-refractivity contribution in [3.05, 3.63) is 52.0 Å². The highest BCUT2D eigenvalue weighted by Crippen LogP contribution is 2.29. The average Bonchev–Trinajstić information content (AvgIpc) is 3.44. The second kappa shape index (κ2) is 8.89. The van der Waals surface area contributed by atoms with E-state index in [-0.39, 0.29) is 23.3 Å². The van der Waals surface area contributed by atoms with Gasteiger partial charge in [-0.1, -0.05) is 23.4 Å². The highest BCUT2D eigenvalue weighted by atomic mass is 32.2. The minimum atomic E-state index is -3.77. The van der Waals surface area contributed by atoms with Crippen LogP contribution in [0.2, 0.25) is 0 Å². The van der Waals surface area contributed by atoms with Crippen LogP contribution in [0.25, 0.3) is 11.4 Å². The van der Waals surface area contributed by atoms with E-state index in [9.17, 15) is 13.2 Å². The van der Waals surface area contributed by atoms with E-state index in [0.717, 1.165) is 4.88 Å². The van der Waals surface area contributed by atoms with Crippen LogP contribution in [-0.4, -0.2) is 41.9 Å². The zero-order valence-electron chi connectivity index (χ0n) is 17.4. The third-order valence-electron chi connectivity index (χ3n) is 5.36. The Labute approximate surface area is 185 Å². The molecule has 2 aromatic heterocycles. The molecule has 4 rings (SSSR count). The Morgan fingerprint density at radius 2 is 2.16 bits per heavy atom. The number of carbonyl (C=O) groups excluding carboxylic acids is 1. The van der Waals surface area contributed by atoms with Gasteiger partial charge in [0.25, 0.3) is 0 Å². The Bertz CT molecular complexity index is 1170. The van der Waals surface area contributed by atoms with Gasteiger partial charge >= 0.3 is 0 Å². The summed E-state index contributed by atoms with van der Waals surface area (Å²) < 4.78 is 33.3. The number of thiophene rings is 1. The molecule has 0 spiro atoms. The number of hydrogen-bond acceptors (Lipinski definition) is 7. The maximum atomic E-state index is 13.4. The molecule has 1 aliphatic rings. The zero-order valence-corrected chi connectivity index (χ0v) is 19.0. The first-order chi connectivity index (χ1) is 14.8. The van der Waals surface area contributed by atoms with Crippen LogP contribution < -0.4 is 5.32 Å². The number of hydrogen-bond donors (Lipinski definition) is 1. The number of nitrogens with one attached hydrogen (secondary N) is 1. The molecule has 1 aliphatic heterocycles. The fourth-order valence-corrected chi connectivity index (χ4v) is 6.10. The number of benzene rings is 1. The van der Waals surface area contributed by atoms with Crippen LogP contribution in [0, 0.1) is 19.8 Å². The molecular weight excluding hydrogens is 436 g/mol. The quantitative estimate of drug-likeness (QED) is 0.606. The van der Waals surface area contributed by atoms with Gasteiger partial charge in [0, 0.05) is 30.5 Å². The lowest BCUT2D eigenvalue weighted by Crippen LogP contribution is -2.45. The predicted molar refractivity (Wildman–Crippen MR) is 117 cm³/mol. The standard InChI is InChI=1S/C21H24N4O4S2/c1-14-7-8-16(20-23-15(2)29-24-20)11-19(14)31(27,28)25-9-3-5-17(13-25)21(26)22-12-18-6-4-10-30-18/h4,6-8,10-11,17H,3,5,9,12-13H2,1-2H3,(H,22,26)/t17-/m0/s1. The first-order valence-corrected chi connectivity index (χ1v) is 12.4. The lowest BCUT2D eigenvalue weighted by molar-refractivity contribution is -0.126. The Morgan fingerprint density at radius 1 is 1.32 bits per heavy atom. The van der Waals surface area contributed by atoms with Crippen LogP contribution in [-0.2, 0) is 21.4 Å². The van der Waals surface area contributed by atoms with E-state index in [1.54, 1.807) is 43.4 Å². The first kappa shape index (κ1) is 21.7. The summed E-state index contributed by atoms with van der Waals surface area (Å²) in [6, 6.07) is 8.99. The number of amides is 1. The van der Waals surface area contributed by atoms with Gasteiger partial charge in [-0.25, -0.2) is 8.42 Å². The minimum absolute atomic E-state index is 0.110. The van der Waals surface area contributed by atoms with Gasteiger partial charge in [0.1, 0.15) is 0 Å². The average molecular weight is 461 g/mol. The van der Waals surface area contributed by atoms with Crippen molar-refractivity contribution in [1.29, 1.82) is 0 Å². The van der Waals surface area contributed by atoms with E-state index in [1.165, 1.54) is 4.31 Å². The van der Waals surface area contributed by atoms with Crippen LogP contribution in [0.1, 0.15) is 29.2 Å². The Balaban J connectivity index is 1.52. The molecule has 1 atom stereocenters. The summed E-state index contributed by atoms with van der Waals surface area (Å²) in [5, 5.41) is 8.78. The number of rotatable bonds is 6. The molecule has 1 saturated heterocycles. The van der Waals surface area contributed by atoms with Gasteiger partial charge < -0.3 is 9.84 Å². The monoisotopic (exact) mass is 460 g/mol. The van der Waals surface area contributed by atoms with Crippen molar-refractivity contribution in [3.63, 3.8) is 0 Å². The third-order valence-corrected chi connectivity index (χ3v) is 8.25. The predicted octanol–water partition coefficient (Wildman–Crippen LogP) is 3.13. The summed E-state index contributed by atoms with van der Waals surface area (Å²) >= 11 is 1.58. The molecule has 1 fully saturated rings. The molecule has 31 heavy (non-hydrogen) atoms. The van der Waals surface area contributed by atoms with E-state index in [0.29, 0.717) is 48.8 Å². The van der Waals surface area contributed by atoms with Gasteiger partial charge in [0.2, 0.25) is 27.6 Å². The maximum Gasteiger partial charge on any atom is 0.243 e. The third kappa shape index (κ3) is 4.70. The van der Waals surface area contributed by atoms with Crippen LogP contribution >= 0.6 is 11.3 Å².